The molecular formula is C16H18F2N2O4. The van der Waals surface area contributed by atoms with Gasteiger partial charge in [0.1, 0.15) is 17.7 Å². The van der Waals surface area contributed by atoms with Gasteiger partial charge in [0.05, 0.1) is 6.10 Å². The number of carbonyl (C=O) groups is 2. The van der Waals surface area contributed by atoms with Crippen LogP contribution < -0.4 is 5.32 Å². The highest BCUT2D eigenvalue weighted by molar-refractivity contribution is 5.86. The molecule has 1 atom stereocenters. The molecule has 1 saturated carbocycles. The van der Waals surface area contributed by atoms with Crippen molar-refractivity contribution in [3.05, 3.63) is 35.4 Å². The van der Waals surface area contributed by atoms with Gasteiger partial charge in [-0.15, -0.1) is 0 Å². The quantitative estimate of drug-likeness (QED) is 0.766. The summed E-state index contributed by atoms with van der Waals surface area (Å²) >= 11 is 0. The summed E-state index contributed by atoms with van der Waals surface area (Å²) in [4.78, 5) is 24.9. The molecule has 1 aliphatic heterocycles. The van der Waals surface area contributed by atoms with Gasteiger partial charge in [-0.1, -0.05) is 6.07 Å². The van der Waals surface area contributed by atoms with E-state index in [0.717, 1.165) is 6.07 Å². The van der Waals surface area contributed by atoms with E-state index in [1.807, 2.05) is 0 Å². The second-order valence-electron chi connectivity index (χ2n) is 6.70. The van der Waals surface area contributed by atoms with Gasteiger partial charge < -0.3 is 20.4 Å². The molecule has 8 heteroatoms. The predicted molar refractivity (Wildman–Crippen MR) is 79.3 cm³/mol. The first-order valence-corrected chi connectivity index (χ1v) is 7.68. The largest absolute Gasteiger partial charge is 0.465 e. The van der Waals surface area contributed by atoms with Gasteiger partial charge in [-0.05, 0) is 24.5 Å². The SMILES string of the molecule is O=C(O)N[C@@H](Cc1ccc(F)cc1F)C(=O)N1CC2(CC(O)C2)C1. The average Bonchev–Trinajstić information content (AvgIpc) is 2.42. The molecule has 130 valence electrons. The monoisotopic (exact) mass is 340 g/mol. The number of amides is 2. The molecular weight excluding hydrogens is 322 g/mol. The molecule has 2 aliphatic rings. The number of aliphatic hydroxyl groups excluding tert-OH is 1. The number of benzene rings is 1. The third-order valence-electron chi connectivity index (χ3n) is 4.74. The Hall–Kier alpha value is -2.22. The molecule has 1 spiro atoms. The summed E-state index contributed by atoms with van der Waals surface area (Å²) < 4.78 is 26.7. The van der Waals surface area contributed by atoms with Gasteiger partial charge in [0, 0.05) is 31.0 Å². The lowest BCUT2D eigenvalue weighted by molar-refractivity contribution is -0.164. The van der Waals surface area contributed by atoms with Crippen LogP contribution in [0.1, 0.15) is 18.4 Å². The van der Waals surface area contributed by atoms with Crippen molar-refractivity contribution in [2.45, 2.75) is 31.4 Å². The van der Waals surface area contributed by atoms with Crippen LogP contribution in [0.25, 0.3) is 0 Å². The Morgan fingerprint density at radius 2 is 2.00 bits per heavy atom. The fourth-order valence-electron chi connectivity index (χ4n) is 3.59. The lowest BCUT2D eigenvalue weighted by Crippen LogP contribution is -2.67. The van der Waals surface area contributed by atoms with E-state index in [1.165, 1.54) is 11.0 Å². The third-order valence-corrected chi connectivity index (χ3v) is 4.74. The fraction of sp³-hybridized carbons (Fsp3) is 0.500. The van der Waals surface area contributed by atoms with Crippen molar-refractivity contribution in [3.63, 3.8) is 0 Å². The maximum absolute atomic E-state index is 13.8. The Morgan fingerprint density at radius 1 is 1.33 bits per heavy atom. The summed E-state index contributed by atoms with van der Waals surface area (Å²) in [5.74, 6) is -1.99. The molecule has 0 unspecified atom stereocenters. The van der Waals surface area contributed by atoms with Crippen molar-refractivity contribution in [2.24, 2.45) is 5.41 Å². The number of hydrogen-bond donors (Lipinski definition) is 3. The lowest BCUT2D eigenvalue weighted by atomic mass is 9.62. The van der Waals surface area contributed by atoms with E-state index < -0.39 is 29.7 Å². The van der Waals surface area contributed by atoms with Gasteiger partial charge >= 0.3 is 6.09 Å². The molecule has 1 aliphatic carbocycles. The smallest absolute Gasteiger partial charge is 0.405 e. The van der Waals surface area contributed by atoms with Crippen LogP contribution in [0.15, 0.2) is 18.2 Å². The van der Waals surface area contributed by atoms with Crippen molar-refractivity contribution in [2.75, 3.05) is 13.1 Å². The molecule has 24 heavy (non-hydrogen) atoms. The van der Waals surface area contributed by atoms with Crippen molar-refractivity contribution in [1.29, 1.82) is 0 Å². The summed E-state index contributed by atoms with van der Waals surface area (Å²) in [6.07, 6.45) is -0.627. The van der Waals surface area contributed by atoms with Gasteiger partial charge in [0.25, 0.3) is 0 Å². The first-order valence-electron chi connectivity index (χ1n) is 7.68. The highest BCUT2D eigenvalue weighted by Crippen LogP contribution is 2.48. The molecule has 3 N–H and O–H groups in total. The molecule has 2 amide bonds. The highest BCUT2D eigenvalue weighted by Gasteiger charge is 2.53. The summed E-state index contributed by atoms with van der Waals surface area (Å²) in [5, 5.41) is 20.4. The van der Waals surface area contributed by atoms with Crippen LogP contribution in [0.3, 0.4) is 0 Å². The molecule has 1 heterocycles. The number of nitrogens with zero attached hydrogens (tertiary/aromatic N) is 1. The number of carbonyl (C=O) groups excluding carboxylic acids is 1. The van der Waals surface area contributed by atoms with Gasteiger partial charge in [-0.25, -0.2) is 13.6 Å². The van der Waals surface area contributed by atoms with Gasteiger partial charge in [0.2, 0.25) is 5.91 Å². The third kappa shape index (κ3) is 3.19. The number of carboxylic acid groups (broad SMARTS) is 1. The van der Waals surface area contributed by atoms with E-state index in [9.17, 15) is 23.5 Å². The normalized spacial score (nSPS) is 20.2. The summed E-state index contributed by atoms with van der Waals surface area (Å²) in [6, 6.07) is 1.83. The van der Waals surface area contributed by atoms with E-state index in [2.05, 4.69) is 5.32 Å². The second kappa shape index (κ2) is 6.01. The zero-order valence-electron chi connectivity index (χ0n) is 12.8. The van der Waals surface area contributed by atoms with Crippen LogP contribution >= 0.6 is 0 Å². The van der Waals surface area contributed by atoms with Crippen LogP contribution in [0.2, 0.25) is 0 Å². The summed E-state index contributed by atoms with van der Waals surface area (Å²) in [6.45, 7) is 0.930. The van der Waals surface area contributed by atoms with E-state index in [0.29, 0.717) is 32.0 Å². The Kier molecular flexibility index (Phi) is 4.16. The van der Waals surface area contributed by atoms with Gasteiger partial charge in [-0.2, -0.15) is 0 Å². The van der Waals surface area contributed by atoms with Crippen LogP contribution in [0, 0.1) is 17.0 Å². The molecule has 1 aromatic carbocycles. The van der Waals surface area contributed by atoms with E-state index >= 15 is 0 Å². The van der Waals surface area contributed by atoms with Crippen LogP contribution in [-0.2, 0) is 11.2 Å². The first kappa shape index (κ1) is 16.6. The van der Waals surface area contributed by atoms with E-state index in [4.69, 9.17) is 5.11 Å². The number of halogens is 2. The molecule has 3 rings (SSSR count). The van der Waals surface area contributed by atoms with Gasteiger partial charge in [0.15, 0.2) is 0 Å². The number of likely N-dealkylation sites (tertiary alicyclic amines) is 1. The summed E-state index contributed by atoms with van der Waals surface area (Å²) in [7, 11) is 0. The molecule has 0 bridgehead atoms. The number of nitrogens with one attached hydrogen (secondary N) is 1. The number of aliphatic hydroxyl groups is 1. The molecule has 1 aromatic rings. The minimum Gasteiger partial charge on any atom is -0.465 e. The molecule has 1 saturated heterocycles. The Morgan fingerprint density at radius 3 is 2.54 bits per heavy atom. The number of hydrogen-bond acceptors (Lipinski definition) is 3. The summed E-state index contributed by atoms with van der Waals surface area (Å²) in [5.41, 5.74) is 0.0158. The standard InChI is InChI=1S/C16H18F2N2O4/c17-10-2-1-9(12(18)4-10)3-13(19-15(23)24)14(22)20-7-16(8-20)5-11(21)6-16/h1-2,4,11,13,19,21H,3,5-8H2,(H,23,24)/t13-/m0/s1. The second-order valence-corrected chi connectivity index (χ2v) is 6.70. The Balaban J connectivity index is 1.67. The van der Waals surface area contributed by atoms with Crippen LogP contribution in [-0.4, -0.2) is 52.3 Å². The Labute approximate surface area is 137 Å². The highest BCUT2D eigenvalue weighted by atomic mass is 19.1. The van der Waals surface area contributed by atoms with Crippen molar-refractivity contribution >= 4 is 12.0 Å². The minimum atomic E-state index is -1.38. The predicted octanol–water partition coefficient (Wildman–Crippen LogP) is 1.13. The number of rotatable bonds is 4. The molecule has 6 nitrogen and oxygen atoms in total. The first-order chi connectivity index (χ1) is 11.3. The van der Waals surface area contributed by atoms with Gasteiger partial charge in [-0.3, -0.25) is 4.79 Å². The van der Waals surface area contributed by atoms with E-state index in [1.54, 1.807) is 0 Å². The minimum absolute atomic E-state index is 0.0516. The van der Waals surface area contributed by atoms with E-state index in [-0.39, 0.29) is 23.5 Å². The average molecular weight is 340 g/mol. The zero-order chi connectivity index (χ0) is 17.5. The van der Waals surface area contributed by atoms with Crippen molar-refractivity contribution in [3.8, 4) is 0 Å². The molecule has 0 aromatic heterocycles. The maximum Gasteiger partial charge on any atom is 0.405 e. The van der Waals surface area contributed by atoms with Crippen LogP contribution in [0.4, 0.5) is 13.6 Å². The van der Waals surface area contributed by atoms with Crippen molar-refractivity contribution < 1.29 is 28.6 Å². The zero-order valence-corrected chi connectivity index (χ0v) is 12.8. The van der Waals surface area contributed by atoms with Crippen molar-refractivity contribution in [1.82, 2.24) is 10.2 Å². The maximum atomic E-state index is 13.8. The fourth-order valence-corrected chi connectivity index (χ4v) is 3.59. The lowest BCUT2D eigenvalue weighted by Gasteiger charge is -2.58. The van der Waals surface area contributed by atoms with Crippen LogP contribution in [0.5, 0.6) is 0 Å². The molecule has 0 radical (unpaired) electrons. The molecule has 2 fully saturated rings. The topological polar surface area (TPSA) is 89.9 Å². The Bertz CT molecular complexity index is 668.